The van der Waals surface area contributed by atoms with Gasteiger partial charge in [-0.3, -0.25) is 9.67 Å². The van der Waals surface area contributed by atoms with Gasteiger partial charge in [-0.1, -0.05) is 23.7 Å². The van der Waals surface area contributed by atoms with E-state index in [0.29, 0.717) is 16.9 Å². The zero-order valence-corrected chi connectivity index (χ0v) is 20.3. The Hall–Kier alpha value is -2.09. The molecular formula is C22H24Cl4N6. The van der Waals surface area contributed by atoms with Gasteiger partial charge in [-0.2, -0.15) is 5.10 Å². The van der Waals surface area contributed by atoms with E-state index in [1.165, 1.54) is 0 Å². The van der Waals surface area contributed by atoms with Crippen molar-refractivity contribution in [2.75, 3.05) is 18.8 Å². The van der Waals surface area contributed by atoms with Crippen LogP contribution in [0.25, 0.3) is 33.2 Å². The first-order chi connectivity index (χ1) is 14.2. The highest BCUT2D eigenvalue weighted by Crippen LogP contribution is 2.32. The summed E-state index contributed by atoms with van der Waals surface area (Å²) in [5, 5.41) is 10.6. The van der Waals surface area contributed by atoms with Crippen LogP contribution in [0.4, 0.5) is 5.82 Å². The van der Waals surface area contributed by atoms with Gasteiger partial charge in [-0.05, 0) is 49.5 Å². The van der Waals surface area contributed by atoms with Crippen LogP contribution < -0.4 is 11.1 Å². The molecule has 4 heterocycles. The summed E-state index contributed by atoms with van der Waals surface area (Å²) in [6.45, 7) is 2.07. The van der Waals surface area contributed by atoms with Gasteiger partial charge in [0.2, 0.25) is 0 Å². The summed E-state index contributed by atoms with van der Waals surface area (Å²) in [6.07, 6.45) is 9.76. The molecule has 1 saturated heterocycles. The van der Waals surface area contributed by atoms with E-state index in [-0.39, 0.29) is 37.2 Å². The number of pyridine rings is 2. The standard InChI is InChI=1S/C22H21ClN6.3ClH/c23-20-3-1-2-14-9-21(26-12-19(14)20)18-8-15(10-27-22(18)24)16-11-28-29(13-16)17-4-6-25-7-5-17;;;/h1-3,8-13,17,25H,4-7H2,(H2,24,27);3*1H. The Morgan fingerprint density at radius 1 is 0.969 bits per heavy atom. The van der Waals surface area contributed by atoms with Crippen molar-refractivity contribution in [2.45, 2.75) is 18.9 Å². The van der Waals surface area contributed by atoms with Crippen LogP contribution in [0.2, 0.25) is 5.02 Å². The molecule has 0 aliphatic carbocycles. The lowest BCUT2D eigenvalue weighted by Crippen LogP contribution is -2.29. The van der Waals surface area contributed by atoms with Crippen LogP contribution >= 0.6 is 48.8 Å². The Morgan fingerprint density at radius 2 is 1.75 bits per heavy atom. The van der Waals surface area contributed by atoms with Crippen LogP contribution in [0.3, 0.4) is 0 Å². The third kappa shape index (κ3) is 5.11. The lowest BCUT2D eigenvalue weighted by molar-refractivity contribution is 0.343. The molecule has 0 saturated carbocycles. The molecule has 1 aliphatic rings. The van der Waals surface area contributed by atoms with E-state index in [9.17, 15) is 0 Å². The third-order valence-electron chi connectivity index (χ3n) is 5.52. The molecule has 0 atom stereocenters. The number of rotatable bonds is 3. The van der Waals surface area contributed by atoms with Gasteiger partial charge in [0.15, 0.2) is 0 Å². The average molecular weight is 514 g/mol. The molecule has 0 radical (unpaired) electrons. The number of fused-ring (bicyclic) bond motifs is 1. The van der Waals surface area contributed by atoms with E-state index >= 15 is 0 Å². The molecule has 5 rings (SSSR count). The molecule has 1 aromatic carbocycles. The molecule has 1 fully saturated rings. The van der Waals surface area contributed by atoms with Crippen molar-refractivity contribution in [1.82, 2.24) is 25.1 Å². The molecule has 170 valence electrons. The molecular weight excluding hydrogens is 490 g/mol. The minimum atomic E-state index is 0. The first-order valence-electron chi connectivity index (χ1n) is 9.74. The number of aromatic nitrogens is 4. The fraction of sp³-hybridized carbons (Fsp3) is 0.227. The number of piperidine rings is 1. The molecule has 0 bridgehead atoms. The summed E-state index contributed by atoms with van der Waals surface area (Å²) in [5.74, 6) is 0.452. The average Bonchev–Trinajstić information content (AvgIpc) is 3.25. The monoisotopic (exact) mass is 512 g/mol. The lowest BCUT2D eigenvalue weighted by atomic mass is 10.0. The van der Waals surface area contributed by atoms with Crippen LogP contribution in [0.5, 0.6) is 0 Å². The number of nitrogens with two attached hydrogens (primary N) is 1. The summed E-state index contributed by atoms with van der Waals surface area (Å²) in [4.78, 5) is 9.00. The van der Waals surface area contributed by atoms with Gasteiger partial charge < -0.3 is 11.1 Å². The molecule has 0 spiro atoms. The van der Waals surface area contributed by atoms with Gasteiger partial charge >= 0.3 is 0 Å². The summed E-state index contributed by atoms with van der Waals surface area (Å²) in [7, 11) is 0. The van der Waals surface area contributed by atoms with Crippen LogP contribution in [0.1, 0.15) is 18.9 Å². The second kappa shape index (κ2) is 11.2. The Morgan fingerprint density at radius 3 is 2.53 bits per heavy atom. The Bertz CT molecular complexity index is 1190. The van der Waals surface area contributed by atoms with Crippen molar-refractivity contribution in [3.05, 3.63) is 60.1 Å². The first-order valence-corrected chi connectivity index (χ1v) is 10.1. The summed E-state index contributed by atoms with van der Waals surface area (Å²) in [6, 6.07) is 10.3. The van der Waals surface area contributed by atoms with E-state index in [1.807, 2.05) is 36.5 Å². The minimum absolute atomic E-state index is 0. The molecule has 32 heavy (non-hydrogen) atoms. The molecule has 0 amide bonds. The van der Waals surface area contributed by atoms with Gasteiger partial charge in [0.05, 0.1) is 17.9 Å². The number of hydrogen-bond donors (Lipinski definition) is 2. The maximum Gasteiger partial charge on any atom is 0.132 e. The smallest absolute Gasteiger partial charge is 0.132 e. The number of anilines is 1. The van der Waals surface area contributed by atoms with Crippen molar-refractivity contribution >= 4 is 65.4 Å². The normalized spacial score (nSPS) is 13.7. The predicted octanol–water partition coefficient (Wildman–Crippen LogP) is 5.59. The largest absolute Gasteiger partial charge is 0.383 e. The quantitative estimate of drug-likeness (QED) is 0.373. The fourth-order valence-electron chi connectivity index (χ4n) is 3.88. The maximum absolute atomic E-state index is 6.27. The number of benzene rings is 1. The Balaban J connectivity index is 0.00000121. The fourth-order valence-corrected chi connectivity index (χ4v) is 4.11. The topological polar surface area (TPSA) is 81.6 Å². The van der Waals surface area contributed by atoms with E-state index in [1.54, 1.807) is 12.4 Å². The van der Waals surface area contributed by atoms with Gasteiger partial charge in [0, 0.05) is 45.7 Å². The van der Waals surface area contributed by atoms with Crippen molar-refractivity contribution in [3.8, 4) is 22.4 Å². The van der Waals surface area contributed by atoms with E-state index < -0.39 is 0 Å². The van der Waals surface area contributed by atoms with Crippen molar-refractivity contribution in [2.24, 2.45) is 0 Å². The van der Waals surface area contributed by atoms with Crippen LogP contribution in [-0.2, 0) is 0 Å². The second-order valence-corrected chi connectivity index (χ2v) is 7.78. The van der Waals surface area contributed by atoms with E-state index in [0.717, 1.165) is 59.1 Å². The Labute approximate surface area is 210 Å². The minimum Gasteiger partial charge on any atom is -0.383 e. The third-order valence-corrected chi connectivity index (χ3v) is 5.85. The van der Waals surface area contributed by atoms with Crippen molar-refractivity contribution < 1.29 is 0 Å². The van der Waals surface area contributed by atoms with E-state index in [2.05, 4.69) is 31.3 Å². The molecule has 1 aliphatic heterocycles. The highest BCUT2D eigenvalue weighted by molar-refractivity contribution is 6.35. The predicted molar refractivity (Wildman–Crippen MR) is 139 cm³/mol. The molecule has 0 unspecified atom stereocenters. The number of nitrogens with zero attached hydrogens (tertiary/aromatic N) is 4. The Kier molecular flexibility index (Phi) is 9.13. The highest BCUT2D eigenvalue weighted by atomic mass is 35.5. The molecule has 3 N–H and O–H groups in total. The lowest BCUT2D eigenvalue weighted by Gasteiger charge is -2.22. The summed E-state index contributed by atoms with van der Waals surface area (Å²) < 4.78 is 2.07. The highest BCUT2D eigenvalue weighted by Gasteiger charge is 2.17. The number of halogens is 4. The van der Waals surface area contributed by atoms with Crippen molar-refractivity contribution in [1.29, 1.82) is 0 Å². The summed E-state index contributed by atoms with van der Waals surface area (Å²) >= 11 is 6.27. The zero-order chi connectivity index (χ0) is 19.8. The van der Waals surface area contributed by atoms with Gasteiger partial charge in [-0.15, -0.1) is 37.2 Å². The molecule has 3 aromatic heterocycles. The van der Waals surface area contributed by atoms with Crippen molar-refractivity contribution in [3.63, 3.8) is 0 Å². The first kappa shape index (κ1) is 26.2. The number of nitrogens with one attached hydrogen (secondary N) is 1. The van der Waals surface area contributed by atoms with Crippen LogP contribution in [0.15, 0.2) is 55.1 Å². The van der Waals surface area contributed by atoms with E-state index in [4.69, 9.17) is 17.3 Å². The molecule has 4 aromatic rings. The zero-order valence-electron chi connectivity index (χ0n) is 17.1. The molecule has 6 nitrogen and oxygen atoms in total. The summed E-state index contributed by atoms with van der Waals surface area (Å²) in [5.41, 5.74) is 9.77. The second-order valence-electron chi connectivity index (χ2n) is 7.38. The van der Waals surface area contributed by atoms with Crippen LogP contribution in [-0.4, -0.2) is 32.8 Å². The maximum atomic E-state index is 6.27. The molecule has 10 heteroatoms. The number of nitrogen functional groups attached to an aromatic ring is 1. The van der Waals surface area contributed by atoms with Gasteiger partial charge in [-0.25, -0.2) is 4.98 Å². The van der Waals surface area contributed by atoms with Gasteiger partial charge in [0.1, 0.15) is 5.82 Å². The number of hydrogen-bond acceptors (Lipinski definition) is 5. The van der Waals surface area contributed by atoms with Gasteiger partial charge in [0.25, 0.3) is 0 Å². The SMILES string of the molecule is Cl.Cl.Cl.Nc1ncc(-c2cnn(C3CCNCC3)c2)cc1-c1cc2cccc(Cl)c2cn1. The van der Waals surface area contributed by atoms with Crippen LogP contribution in [0, 0.1) is 0 Å².